The minimum Gasteiger partial charge on any atom is -0.491 e. The lowest BCUT2D eigenvalue weighted by Gasteiger charge is -2.19. The zero-order valence-electron chi connectivity index (χ0n) is 14.9. The summed E-state index contributed by atoms with van der Waals surface area (Å²) in [7, 11) is -1.15. The molecule has 0 saturated heterocycles. The van der Waals surface area contributed by atoms with Crippen LogP contribution in [0.3, 0.4) is 0 Å². The Labute approximate surface area is 157 Å². The fraction of sp³-hybridized carbons (Fsp3) is 0.400. The summed E-state index contributed by atoms with van der Waals surface area (Å²) in [4.78, 5) is 0. The van der Waals surface area contributed by atoms with Crippen LogP contribution in [0.15, 0.2) is 48.5 Å². The summed E-state index contributed by atoms with van der Waals surface area (Å²) >= 11 is 5.83. The third kappa shape index (κ3) is 6.81. The van der Waals surface area contributed by atoms with Crippen molar-refractivity contribution in [2.45, 2.75) is 38.0 Å². The van der Waals surface area contributed by atoms with Gasteiger partial charge >= 0.3 is 0 Å². The number of halogens is 1. The van der Waals surface area contributed by atoms with Gasteiger partial charge in [0, 0.05) is 21.6 Å². The van der Waals surface area contributed by atoms with Crippen molar-refractivity contribution in [3.63, 3.8) is 0 Å². The zero-order valence-corrected chi connectivity index (χ0v) is 16.4. The third-order valence-electron chi connectivity index (χ3n) is 3.78. The lowest BCUT2D eigenvalue weighted by atomic mass is 9.87. The largest absolute Gasteiger partial charge is 0.491 e. The molecule has 2 atom stereocenters. The van der Waals surface area contributed by atoms with E-state index in [9.17, 15) is 9.32 Å². The number of hydrogen-bond donors (Lipinski definition) is 1. The van der Waals surface area contributed by atoms with Crippen LogP contribution in [0.2, 0.25) is 5.02 Å². The quantitative estimate of drug-likeness (QED) is 0.777. The van der Waals surface area contributed by atoms with Gasteiger partial charge in [0.25, 0.3) is 0 Å². The Bertz CT molecular complexity index is 690. The highest BCUT2D eigenvalue weighted by molar-refractivity contribution is 7.84. The van der Waals surface area contributed by atoms with Crippen molar-refractivity contribution in [3.8, 4) is 5.75 Å². The Balaban J connectivity index is 1.79. The summed E-state index contributed by atoms with van der Waals surface area (Å²) in [5.74, 6) is 1.28. The Morgan fingerprint density at radius 2 is 1.68 bits per heavy atom. The van der Waals surface area contributed by atoms with Gasteiger partial charge in [-0.15, -0.1) is 0 Å². The van der Waals surface area contributed by atoms with E-state index in [1.165, 1.54) is 5.56 Å². The summed E-state index contributed by atoms with van der Waals surface area (Å²) in [5, 5.41) is 10.7. The number of ether oxygens (including phenoxy) is 1. The Hall–Kier alpha value is -1.36. The predicted molar refractivity (Wildman–Crippen MR) is 105 cm³/mol. The second-order valence-electron chi connectivity index (χ2n) is 7.12. The van der Waals surface area contributed by atoms with Crippen LogP contribution >= 0.6 is 11.6 Å². The lowest BCUT2D eigenvalue weighted by molar-refractivity contribution is 0.125. The topological polar surface area (TPSA) is 46.5 Å². The molecule has 3 nitrogen and oxygen atoms in total. The van der Waals surface area contributed by atoms with Gasteiger partial charge < -0.3 is 9.84 Å². The van der Waals surface area contributed by atoms with Crippen molar-refractivity contribution in [3.05, 3.63) is 64.7 Å². The molecule has 0 unspecified atom stereocenters. The number of aliphatic hydroxyl groups excluding tert-OH is 1. The van der Waals surface area contributed by atoms with Crippen LogP contribution in [0.5, 0.6) is 5.75 Å². The third-order valence-corrected chi connectivity index (χ3v) is 5.45. The van der Waals surface area contributed by atoms with Crippen LogP contribution in [0, 0.1) is 0 Å². The van der Waals surface area contributed by atoms with Crippen molar-refractivity contribution in [2.24, 2.45) is 0 Å². The Morgan fingerprint density at radius 3 is 2.24 bits per heavy atom. The van der Waals surface area contributed by atoms with Gasteiger partial charge in [-0.2, -0.15) is 0 Å². The minimum atomic E-state index is -1.15. The molecule has 2 aromatic carbocycles. The van der Waals surface area contributed by atoms with Crippen LogP contribution in [0.4, 0.5) is 0 Å². The van der Waals surface area contributed by atoms with E-state index < -0.39 is 16.9 Å². The predicted octanol–water partition coefficient (Wildman–Crippen LogP) is 4.33. The Kier molecular flexibility index (Phi) is 7.05. The van der Waals surface area contributed by atoms with Crippen molar-refractivity contribution in [1.82, 2.24) is 0 Å². The van der Waals surface area contributed by atoms with Gasteiger partial charge in [-0.05, 0) is 40.8 Å². The molecule has 0 saturated carbocycles. The molecule has 2 rings (SSSR count). The number of aliphatic hydroxyl groups is 1. The van der Waals surface area contributed by atoms with E-state index >= 15 is 0 Å². The molecule has 0 heterocycles. The molecule has 2 aromatic rings. The first kappa shape index (κ1) is 20.0. The van der Waals surface area contributed by atoms with E-state index in [1.807, 2.05) is 36.4 Å². The van der Waals surface area contributed by atoms with Crippen LogP contribution in [0.1, 0.15) is 31.9 Å². The van der Waals surface area contributed by atoms with E-state index in [0.29, 0.717) is 16.5 Å². The monoisotopic (exact) mass is 380 g/mol. The normalized spacial score (nSPS) is 14.1. The van der Waals surface area contributed by atoms with Crippen molar-refractivity contribution in [1.29, 1.82) is 0 Å². The van der Waals surface area contributed by atoms with Gasteiger partial charge in [-0.1, -0.05) is 56.6 Å². The summed E-state index contributed by atoms with van der Waals surface area (Å²) in [6, 6.07) is 15.1. The van der Waals surface area contributed by atoms with Crippen LogP contribution in [-0.4, -0.2) is 27.8 Å². The average molecular weight is 381 g/mol. The number of hydrogen-bond acceptors (Lipinski definition) is 3. The zero-order chi connectivity index (χ0) is 18.4. The molecule has 0 amide bonds. The molecule has 0 aromatic heterocycles. The number of rotatable bonds is 7. The van der Waals surface area contributed by atoms with E-state index in [0.717, 1.165) is 5.56 Å². The van der Waals surface area contributed by atoms with Gasteiger partial charge in [0.1, 0.15) is 12.4 Å². The van der Waals surface area contributed by atoms with Gasteiger partial charge in [0.05, 0.1) is 11.9 Å². The van der Waals surface area contributed by atoms with Gasteiger partial charge in [-0.3, -0.25) is 4.21 Å². The van der Waals surface area contributed by atoms with E-state index in [2.05, 4.69) is 20.8 Å². The maximum atomic E-state index is 12.1. The van der Waals surface area contributed by atoms with Crippen molar-refractivity contribution >= 4 is 22.4 Å². The average Bonchev–Trinajstić information content (AvgIpc) is 2.54. The standard InChI is InChI=1S/C20H25ClO3S/c1-20(2,3)16-6-10-19(11-7-16)24-12-18(22)14-25(23)13-15-4-8-17(21)9-5-15/h4-11,18,22H,12-14H2,1-3H3/t18-,25-/m0/s1. The second kappa shape index (κ2) is 8.84. The molecule has 136 valence electrons. The fourth-order valence-corrected chi connectivity index (χ4v) is 3.67. The van der Waals surface area contributed by atoms with E-state index in [1.54, 1.807) is 12.1 Å². The fourth-order valence-electron chi connectivity index (χ4n) is 2.33. The minimum absolute atomic E-state index is 0.0939. The van der Waals surface area contributed by atoms with Gasteiger partial charge in [-0.25, -0.2) is 0 Å². The highest BCUT2D eigenvalue weighted by Crippen LogP contribution is 2.24. The molecule has 0 aliphatic carbocycles. The lowest BCUT2D eigenvalue weighted by Crippen LogP contribution is -2.25. The highest BCUT2D eigenvalue weighted by atomic mass is 35.5. The molecule has 0 aliphatic rings. The molecule has 0 bridgehead atoms. The first-order valence-electron chi connectivity index (χ1n) is 8.25. The molecule has 5 heteroatoms. The van der Waals surface area contributed by atoms with Crippen molar-refractivity contribution in [2.75, 3.05) is 12.4 Å². The summed E-state index contributed by atoms with van der Waals surface area (Å²) in [6.45, 7) is 6.59. The number of benzene rings is 2. The molecule has 0 aliphatic heterocycles. The summed E-state index contributed by atoms with van der Waals surface area (Å²) < 4.78 is 17.7. The molecular weight excluding hydrogens is 356 g/mol. The summed E-state index contributed by atoms with van der Waals surface area (Å²) in [5.41, 5.74) is 2.26. The van der Waals surface area contributed by atoms with Crippen LogP contribution in [-0.2, 0) is 22.0 Å². The Morgan fingerprint density at radius 1 is 1.08 bits per heavy atom. The molecule has 0 radical (unpaired) electrons. The smallest absolute Gasteiger partial charge is 0.119 e. The van der Waals surface area contributed by atoms with Gasteiger partial charge in [0.2, 0.25) is 0 Å². The maximum Gasteiger partial charge on any atom is 0.119 e. The first-order chi connectivity index (χ1) is 11.7. The summed E-state index contributed by atoms with van der Waals surface area (Å²) in [6.07, 6.45) is -0.768. The van der Waals surface area contributed by atoms with Crippen LogP contribution in [0.25, 0.3) is 0 Å². The molecular formula is C20H25ClO3S. The molecule has 0 spiro atoms. The molecule has 0 fully saturated rings. The SMILES string of the molecule is CC(C)(C)c1ccc(OC[C@H](O)C[S@@](=O)Cc2ccc(Cl)cc2)cc1. The maximum absolute atomic E-state index is 12.1. The van der Waals surface area contributed by atoms with E-state index in [-0.39, 0.29) is 17.8 Å². The van der Waals surface area contributed by atoms with Crippen molar-refractivity contribution < 1.29 is 14.1 Å². The first-order valence-corrected chi connectivity index (χ1v) is 10.1. The molecule has 25 heavy (non-hydrogen) atoms. The van der Waals surface area contributed by atoms with Crippen LogP contribution < -0.4 is 4.74 Å². The van der Waals surface area contributed by atoms with Gasteiger partial charge in [0.15, 0.2) is 0 Å². The molecule has 1 N–H and O–H groups in total. The second-order valence-corrected chi connectivity index (χ2v) is 9.05. The van der Waals surface area contributed by atoms with E-state index in [4.69, 9.17) is 16.3 Å². The highest BCUT2D eigenvalue weighted by Gasteiger charge is 2.14.